The molecule has 0 N–H and O–H groups in total. The predicted molar refractivity (Wildman–Crippen MR) is 94.9 cm³/mol. The second-order valence-corrected chi connectivity index (χ2v) is 8.82. The van der Waals surface area contributed by atoms with Gasteiger partial charge in [-0.15, -0.1) is 0 Å². The van der Waals surface area contributed by atoms with Crippen LogP contribution >= 0.6 is 0 Å². The lowest BCUT2D eigenvalue weighted by molar-refractivity contribution is -0.160. The van der Waals surface area contributed by atoms with E-state index in [0.717, 1.165) is 5.56 Å². The van der Waals surface area contributed by atoms with Crippen LogP contribution in [0.3, 0.4) is 0 Å². The van der Waals surface area contributed by atoms with Gasteiger partial charge in [-0.1, -0.05) is 30.3 Å². The number of benzene rings is 1. The van der Waals surface area contributed by atoms with Crippen LogP contribution in [-0.4, -0.2) is 44.0 Å². The van der Waals surface area contributed by atoms with Crippen molar-refractivity contribution >= 4 is 22.9 Å². The Labute approximate surface area is 151 Å². The van der Waals surface area contributed by atoms with Gasteiger partial charge in [-0.3, -0.25) is 0 Å². The zero-order chi connectivity index (χ0) is 18.8. The first-order chi connectivity index (χ1) is 11.7. The summed E-state index contributed by atoms with van der Waals surface area (Å²) >= 11 is 0. The molecule has 3 unspecified atom stereocenters. The van der Waals surface area contributed by atoms with E-state index in [0.29, 0.717) is 0 Å². The minimum absolute atomic E-state index is 0.123. The van der Waals surface area contributed by atoms with Gasteiger partial charge in [0.1, 0.15) is 11.0 Å². The van der Waals surface area contributed by atoms with Crippen LogP contribution in [0.1, 0.15) is 46.2 Å². The first kappa shape index (κ1) is 19.6. The number of nitrogens with zero attached hydrogens (tertiary/aromatic N) is 1. The topological polar surface area (TPSA) is 72.7 Å². The molecule has 1 aromatic carbocycles. The van der Waals surface area contributed by atoms with Gasteiger partial charge in [0.25, 0.3) is 0 Å². The average molecular weight is 367 g/mol. The zero-order valence-electron chi connectivity index (χ0n) is 15.3. The summed E-state index contributed by atoms with van der Waals surface area (Å²) in [5, 5.41) is 0. The second kappa shape index (κ2) is 7.25. The van der Waals surface area contributed by atoms with Crippen molar-refractivity contribution in [1.29, 1.82) is 0 Å². The summed E-state index contributed by atoms with van der Waals surface area (Å²) in [6, 6.07) is 8.40. The van der Waals surface area contributed by atoms with E-state index in [1.165, 1.54) is 4.31 Å². The van der Waals surface area contributed by atoms with Gasteiger partial charge >= 0.3 is 11.9 Å². The Morgan fingerprint density at radius 1 is 1.08 bits per heavy atom. The summed E-state index contributed by atoms with van der Waals surface area (Å²) in [5.41, 5.74) is -0.980. The molecule has 1 aromatic rings. The fourth-order valence-electron chi connectivity index (χ4n) is 2.77. The minimum atomic E-state index is -1.70. The summed E-state index contributed by atoms with van der Waals surface area (Å²) in [6.45, 7) is 8.97. The van der Waals surface area contributed by atoms with Crippen molar-refractivity contribution in [2.75, 3.05) is 13.2 Å². The van der Waals surface area contributed by atoms with E-state index in [4.69, 9.17) is 9.47 Å². The molecule has 1 aliphatic rings. The molecule has 0 bridgehead atoms. The van der Waals surface area contributed by atoms with Gasteiger partial charge in [-0.2, -0.15) is 4.31 Å². The Hall–Kier alpha value is -1.73. The maximum absolute atomic E-state index is 13.1. The highest BCUT2D eigenvalue weighted by Crippen LogP contribution is 2.57. The van der Waals surface area contributed by atoms with Crippen LogP contribution in [0.2, 0.25) is 0 Å². The molecular weight excluding hydrogens is 342 g/mol. The number of carbonyl (C=O) groups excluding carboxylic acids is 2. The van der Waals surface area contributed by atoms with Crippen LogP contribution in [0.4, 0.5) is 0 Å². The van der Waals surface area contributed by atoms with Crippen LogP contribution in [0.5, 0.6) is 0 Å². The van der Waals surface area contributed by atoms with Crippen LogP contribution in [0.15, 0.2) is 30.3 Å². The van der Waals surface area contributed by atoms with Crippen molar-refractivity contribution in [1.82, 2.24) is 4.31 Å². The van der Waals surface area contributed by atoms with Gasteiger partial charge in [-0.25, -0.2) is 13.8 Å². The Balaban J connectivity index is 2.57. The summed E-state index contributed by atoms with van der Waals surface area (Å²) < 4.78 is 24.2. The van der Waals surface area contributed by atoms with Gasteiger partial charge < -0.3 is 9.47 Å². The first-order valence-corrected chi connectivity index (χ1v) is 9.44. The van der Waals surface area contributed by atoms with Crippen LogP contribution in [0, 0.1) is 0 Å². The SMILES string of the molecule is CCOC(=O)C1(C(=O)OCC)C(c2ccccc2)N1S(=O)C(C)(C)C. The predicted octanol–water partition coefficient (Wildman–Crippen LogP) is 2.37. The highest BCUT2D eigenvalue weighted by Gasteiger charge is 2.79. The van der Waals surface area contributed by atoms with Gasteiger partial charge in [-0.05, 0) is 40.2 Å². The molecule has 0 aromatic heterocycles. The van der Waals surface area contributed by atoms with E-state index < -0.39 is 39.3 Å². The van der Waals surface area contributed by atoms with Crippen molar-refractivity contribution in [3.63, 3.8) is 0 Å². The van der Waals surface area contributed by atoms with Crippen LogP contribution < -0.4 is 0 Å². The molecule has 7 heteroatoms. The lowest BCUT2D eigenvalue weighted by Crippen LogP contribution is -2.44. The molecule has 0 radical (unpaired) electrons. The molecule has 1 fully saturated rings. The van der Waals surface area contributed by atoms with E-state index in [9.17, 15) is 13.8 Å². The molecule has 0 spiro atoms. The summed E-state index contributed by atoms with van der Waals surface area (Å²) in [5.74, 6) is -1.44. The monoisotopic (exact) mass is 367 g/mol. The molecule has 0 aliphatic carbocycles. The fourth-order valence-corrected chi connectivity index (χ4v) is 4.29. The fraction of sp³-hybridized carbons (Fsp3) is 0.556. The Morgan fingerprint density at radius 2 is 1.56 bits per heavy atom. The van der Waals surface area contributed by atoms with Crippen molar-refractivity contribution in [3.05, 3.63) is 35.9 Å². The van der Waals surface area contributed by atoms with Crippen LogP contribution in [0.25, 0.3) is 0 Å². The maximum Gasteiger partial charge on any atom is 0.341 e. The number of hydrogen-bond donors (Lipinski definition) is 0. The minimum Gasteiger partial charge on any atom is -0.464 e. The number of ether oxygens (including phenoxy) is 2. The highest BCUT2D eigenvalue weighted by atomic mass is 32.2. The van der Waals surface area contributed by atoms with Crippen molar-refractivity contribution in [3.8, 4) is 0 Å². The van der Waals surface area contributed by atoms with E-state index in [2.05, 4.69) is 0 Å². The lowest BCUT2D eigenvalue weighted by atomic mass is 9.99. The second-order valence-electron chi connectivity index (χ2n) is 6.71. The third kappa shape index (κ3) is 3.35. The molecule has 2 rings (SSSR count). The molecule has 1 heterocycles. The molecule has 3 atom stereocenters. The summed E-state index contributed by atoms with van der Waals surface area (Å²) in [4.78, 5) is 25.5. The van der Waals surface area contributed by atoms with E-state index in [1.807, 2.05) is 18.2 Å². The Kier molecular flexibility index (Phi) is 5.68. The largest absolute Gasteiger partial charge is 0.464 e. The van der Waals surface area contributed by atoms with E-state index in [1.54, 1.807) is 46.8 Å². The van der Waals surface area contributed by atoms with E-state index in [-0.39, 0.29) is 13.2 Å². The molecule has 138 valence electrons. The highest BCUT2D eigenvalue weighted by molar-refractivity contribution is 7.84. The number of esters is 2. The average Bonchev–Trinajstić information content (AvgIpc) is 3.25. The van der Waals surface area contributed by atoms with Gasteiger partial charge in [0.15, 0.2) is 0 Å². The molecule has 1 aliphatic heterocycles. The molecule has 1 saturated heterocycles. The number of rotatable bonds is 6. The lowest BCUT2D eigenvalue weighted by Gasteiger charge is -2.21. The number of hydrogen-bond acceptors (Lipinski definition) is 5. The van der Waals surface area contributed by atoms with Crippen molar-refractivity contribution in [2.24, 2.45) is 0 Å². The molecule has 25 heavy (non-hydrogen) atoms. The van der Waals surface area contributed by atoms with Gasteiger partial charge in [0.2, 0.25) is 5.54 Å². The van der Waals surface area contributed by atoms with Crippen molar-refractivity contribution < 1.29 is 23.3 Å². The molecule has 0 saturated carbocycles. The van der Waals surface area contributed by atoms with Crippen LogP contribution in [-0.2, 0) is 30.0 Å². The molecule has 0 amide bonds. The maximum atomic E-state index is 13.1. The first-order valence-electron chi connectivity index (χ1n) is 8.33. The Bertz CT molecular complexity index is 650. The molecule has 6 nitrogen and oxygen atoms in total. The Morgan fingerprint density at radius 3 is 1.96 bits per heavy atom. The van der Waals surface area contributed by atoms with Crippen molar-refractivity contribution in [2.45, 2.75) is 50.9 Å². The van der Waals surface area contributed by atoms with Gasteiger partial charge in [0, 0.05) is 0 Å². The quantitative estimate of drug-likeness (QED) is 0.438. The van der Waals surface area contributed by atoms with E-state index >= 15 is 0 Å². The summed E-state index contributed by atoms with van der Waals surface area (Å²) in [6.07, 6.45) is 0. The number of carbonyl (C=O) groups is 2. The normalized spacial score (nSPS) is 22.8. The third-order valence-corrected chi connectivity index (χ3v) is 5.81. The smallest absolute Gasteiger partial charge is 0.341 e. The third-order valence-electron chi connectivity index (χ3n) is 3.90. The molecular formula is C18H25NO5S. The standard InChI is InChI=1S/C18H25NO5S/c1-6-23-15(20)18(16(21)24-7-2)14(13-11-9-8-10-12-13)19(18)25(22)17(3,4)5/h8-12,14H,6-7H2,1-5H3. The summed E-state index contributed by atoms with van der Waals surface area (Å²) in [7, 11) is -1.59. The zero-order valence-corrected chi connectivity index (χ0v) is 16.1. The van der Waals surface area contributed by atoms with Gasteiger partial charge in [0.05, 0.1) is 24.0 Å².